The van der Waals surface area contributed by atoms with Crippen molar-refractivity contribution >= 4 is 11.9 Å². The highest BCUT2D eigenvalue weighted by atomic mass is 16.5. The van der Waals surface area contributed by atoms with E-state index in [0.717, 1.165) is 31.2 Å². The molecule has 0 bridgehead atoms. The number of nitrogens with zero attached hydrogens (tertiary/aromatic N) is 1. The fourth-order valence-electron chi connectivity index (χ4n) is 3.44. The molecule has 1 fully saturated rings. The van der Waals surface area contributed by atoms with Gasteiger partial charge in [-0.25, -0.2) is 0 Å². The molecule has 0 aromatic heterocycles. The Morgan fingerprint density at radius 3 is 2.81 bits per heavy atom. The zero-order valence-electron chi connectivity index (χ0n) is 16.2. The molecule has 1 heterocycles. The molecule has 5 heteroatoms. The number of methoxy groups -OCH3 is 1. The molecule has 1 aromatic carbocycles. The van der Waals surface area contributed by atoms with Crippen LogP contribution in [-0.4, -0.2) is 47.7 Å². The number of amides is 1. The van der Waals surface area contributed by atoms with E-state index >= 15 is 0 Å². The van der Waals surface area contributed by atoms with Gasteiger partial charge in [-0.05, 0) is 31.2 Å². The van der Waals surface area contributed by atoms with Gasteiger partial charge in [-0.1, -0.05) is 48.9 Å². The van der Waals surface area contributed by atoms with Gasteiger partial charge in [-0.3, -0.25) is 9.59 Å². The summed E-state index contributed by atoms with van der Waals surface area (Å²) in [4.78, 5) is 25.6. The number of ether oxygens (including phenoxy) is 1. The molecule has 1 saturated heterocycles. The van der Waals surface area contributed by atoms with Crippen molar-refractivity contribution in [3.63, 3.8) is 0 Å². The topological polar surface area (TPSA) is 66.8 Å². The summed E-state index contributed by atoms with van der Waals surface area (Å²) in [5.41, 5.74) is 1.09. The molecule has 0 spiro atoms. The fourth-order valence-corrected chi connectivity index (χ4v) is 3.44. The Kier molecular flexibility index (Phi) is 9.05. The van der Waals surface area contributed by atoms with Crippen LogP contribution in [0.4, 0.5) is 0 Å². The van der Waals surface area contributed by atoms with Crippen molar-refractivity contribution in [3.8, 4) is 0 Å². The predicted molar refractivity (Wildman–Crippen MR) is 105 cm³/mol. The second kappa shape index (κ2) is 11.5. The summed E-state index contributed by atoms with van der Waals surface area (Å²) >= 11 is 0. The molecule has 0 radical (unpaired) electrons. The molecule has 1 aliphatic heterocycles. The maximum absolute atomic E-state index is 12.5. The monoisotopic (exact) mass is 373 g/mol. The van der Waals surface area contributed by atoms with E-state index in [-0.39, 0.29) is 17.9 Å². The Morgan fingerprint density at radius 1 is 1.30 bits per heavy atom. The third-order valence-electron chi connectivity index (χ3n) is 4.96. The average Bonchev–Trinajstić information content (AvgIpc) is 2.85. The van der Waals surface area contributed by atoms with Gasteiger partial charge < -0.3 is 14.7 Å². The Balaban J connectivity index is 1.91. The number of hydrogen-bond donors (Lipinski definition) is 1. The van der Waals surface area contributed by atoms with Crippen LogP contribution in [0.1, 0.15) is 50.5 Å². The van der Waals surface area contributed by atoms with Crippen molar-refractivity contribution in [2.24, 2.45) is 0 Å². The molecule has 0 aliphatic carbocycles. The molecule has 148 valence electrons. The van der Waals surface area contributed by atoms with Crippen molar-refractivity contribution in [2.45, 2.75) is 63.5 Å². The Hall–Kier alpha value is -2.14. The number of likely N-dealkylation sites (tertiary alicyclic amines) is 1. The lowest BCUT2D eigenvalue weighted by Gasteiger charge is -2.28. The van der Waals surface area contributed by atoms with Gasteiger partial charge >= 0.3 is 5.97 Å². The van der Waals surface area contributed by atoms with Crippen LogP contribution in [0.25, 0.3) is 0 Å². The number of rotatable bonds is 9. The third-order valence-corrected chi connectivity index (χ3v) is 4.96. The number of unbranched alkanes of at least 4 members (excludes halogenated alkanes) is 1. The van der Waals surface area contributed by atoms with Crippen LogP contribution >= 0.6 is 0 Å². The summed E-state index contributed by atoms with van der Waals surface area (Å²) in [6, 6.07) is 9.90. The summed E-state index contributed by atoms with van der Waals surface area (Å²) in [6.45, 7) is 0.639. The molecular weight excluding hydrogens is 342 g/mol. The van der Waals surface area contributed by atoms with Crippen LogP contribution in [-0.2, 0) is 20.7 Å². The number of hydrogen-bond acceptors (Lipinski definition) is 4. The molecular formula is C22H31NO4. The highest BCUT2D eigenvalue weighted by Gasteiger charge is 2.24. The van der Waals surface area contributed by atoms with Gasteiger partial charge in [-0.15, -0.1) is 0 Å². The molecule has 1 N–H and O–H groups in total. The second-order valence-electron chi connectivity index (χ2n) is 7.08. The van der Waals surface area contributed by atoms with E-state index in [1.807, 2.05) is 47.4 Å². The summed E-state index contributed by atoms with van der Waals surface area (Å²) < 4.78 is 4.66. The molecule has 27 heavy (non-hydrogen) atoms. The minimum absolute atomic E-state index is 0.0172. The quantitative estimate of drug-likeness (QED) is 0.410. The minimum Gasteiger partial charge on any atom is -0.469 e. The smallest absolute Gasteiger partial charge is 0.305 e. The minimum atomic E-state index is -0.563. The number of benzene rings is 1. The summed E-state index contributed by atoms with van der Waals surface area (Å²) in [6.07, 6.45) is 9.09. The van der Waals surface area contributed by atoms with Crippen molar-refractivity contribution in [1.82, 2.24) is 4.90 Å². The number of esters is 1. The Morgan fingerprint density at radius 2 is 2.07 bits per heavy atom. The van der Waals surface area contributed by atoms with Crippen LogP contribution in [0.3, 0.4) is 0 Å². The third kappa shape index (κ3) is 7.55. The number of aliphatic hydroxyl groups excluding tert-OH is 1. The van der Waals surface area contributed by atoms with Crippen LogP contribution < -0.4 is 0 Å². The first kappa shape index (κ1) is 21.2. The fraction of sp³-hybridized carbons (Fsp3) is 0.545. The Bertz CT molecular complexity index is 614. The zero-order chi connectivity index (χ0) is 19.5. The van der Waals surface area contributed by atoms with Gasteiger partial charge in [-0.2, -0.15) is 0 Å². The van der Waals surface area contributed by atoms with Crippen LogP contribution in [0.15, 0.2) is 42.5 Å². The molecule has 0 saturated carbocycles. The van der Waals surface area contributed by atoms with Gasteiger partial charge in [0, 0.05) is 25.8 Å². The van der Waals surface area contributed by atoms with Crippen molar-refractivity contribution in [1.29, 1.82) is 0 Å². The normalized spacial score (nSPS) is 19.1. The average molecular weight is 373 g/mol. The van der Waals surface area contributed by atoms with E-state index in [1.54, 1.807) is 0 Å². The summed E-state index contributed by atoms with van der Waals surface area (Å²) in [5, 5.41) is 10.3. The number of aliphatic hydroxyl groups is 1. The molecule has 2 unspecified atom stereocenters. The number of carbonyl (C=O) groups excluding carboxylic acids is 2. The summed E-state index contributed by atoms with van der Waals surface area (Å²) in [7, 11) is 1.39. The van der Waals surface area contributed by atoms with Gasteiger partial charge in [0.05, 0.1) is 19.3 Å². The van der Waals surface area contributed by atoms with Gasteiger partial charge in [0.25, 0.3) is 0 Å². The first-order chi connectivity index (χ1) is 13.1. The zero-order valence-corrected chi connectivity index (χ0v) is 16.2. The molecule has 1 amide bonds. The van der Waals surface area contributed by atoms with Crippen LogP contribution in [0.5, 0.6) is 0 Å². The maximum atomic E-state index is 12.5. The van der Waals surface area contributed by atoms with Gasteiger partial charge in [0.2, 0.25) is 5.91 Å². The molecule has 2 rings (SSSR count). The maximum Gasteiger partial charge on any atom is 0.305 e. The lowest BCUT2D eigenvalue weighted by Crippen LogP contribution is -2.38. The van der Waals surface area contributed by atoms with E-state index in [1.165, 1.54) is 7.11 Å². The largest absolute Gasteiger partial charge is 0.469 e. The van der Waals surface area contributed by atoms with E-state index in [4.69, 9.17) is 0 Å². The van der Waals surface area contributed by atoms with E-state index < -0.39 is 6.10 Å². The standard InChI is InChI=1S/C22H31NO4/c1-27-22(26)13-7-8-16-23-19(11-5-6-12-21(23)25)14-15-20(24)17-18-9-3-2-4-10-18/h2-4,9-10,14-15,19-20,24H,5-8,11-13,16-17H2,1H3. The van der Waals surface area contributed by atoms with Gasteiger partial charge in [0.1, 0.15) is 0 Å². The SMILES string of the molecule is COC(=O)CCCCN1C(=O)CCCCC1C=CC(O)Cc1ccccc1. The highest BCUT2D eigenvalue weighted by Crippen LogP contribution is 2.20. The first-order valence-electron chi connectivity index (χ1n) is 9.86. The van der Waals surface area contributed by atoms with Crippen LogP contribution in [0, 0.1) is 0 Å². The predicted octanol–water partition coefficient (Wildman–Crippen LogP) is 3.26. The van der Waals surface area contributed by atoms with E-state index in [9.17, 15) is 14.7 Å². The Labute approximate surface area is 162 Å². The van der Waals surface area contributed by atoms with Crippen molar-refractivity contribution < 1.29 is 19.4 Å². The van der Waals surface area contributed by atoms with Crippen LogP contribution in [0.2, 0.25) is 0 Å². The number of carbonyl (C=O) groups is 2. The summed E-state index contributed by atoms with van der Waals surface area (Å²) in [5.74, 6) is -0.0459. The molecule has 2 atom stereocenters. The lowest BCUT2D eigenvalue weighted by molar-refractivity contribution is -0.140. The molecule has 1 aliphatic rings. The first-order valence-corrected chi connectivity index (χ1v) is 9.86. The lowest BCUT2D eigenvalue weighted by atomic mass is 10.0. The highest BCUT2D eigenvalue weighted by molar-refractivity contribution is 5.77. The van der Waals surface area contributed by atoms with Gasteiger partial charge in [0.15, 0.2) is 0 Å². The van der Waals surface area contributed by atoms with Crippen molar-refractivity contribution in [3.05, 3.63) is 48.0 Å². The second-order valence-corrected chi connectivity index (χ2v) is 7.08. The molecule has 1 aromatic rings. The van der Waals surface area contributed by atoms with Crippen molar-refractivity contribution in [2.75, 3.05) is 13.7 Å². The van der Waals surface area contributed by atoms with E-state index in [2.05, 4.69) is 4.74 Å². The molecule has 5 nitrogen and oxygen atoms in total. The van der Waals surface area contributed by atoms with E-state index in [0.29, 0.717) is 32.2 Å².